The summed E-state index contributed by atoms with van der Waals surface area (Å²) in [6, 6.07) is 3.47. The molecule has 8 heteroatoms. The van der Waals surface area contributed by atoms with E-state index in [1.54, 1.807) is 19.2 Å². The average molecular weight is 373 g/mol. The Morgan fingerprint density at radius 3 is 2.71 bits per heavy atom. The van der Waals surface area contributed by atoms with Crippen molar-refractivity contribution >= 4 is 39.4 Å². The summed E-state index contributed by atoms with van der Waals surface area (Å²) in [5.74, 6) is -1.68. The summed E-state index contributed by atoms with van der Waals surface area (Å²) in [5.41, 5.74) is 0.693. The van der Waals surface area contributed by atoms with E-state index in [9.17, 15) is 14.7 Å². The summed E-state index contributed by atoms with van der Waals surface area (Å²) in [5, 5.41) is 16.1. The van der Waals surface area contributed by atoms with Crippen LogP contribution >= 0.6 is 27.5 Å². The first-order chi connectivity index (χ1) is 9.88. The molecule has 1 unspecified atom stereocenters. The van der Waals surface area contributed by atoms with Crippen LogP contribution in [0.2, 0.25) is 5.02 Å². The summed E-state index contributed by atoms with van der Waals surface area (Å²) >= 11 is 9.04. The summed E-state index contributed by atoms with van der Waals surface area (Å²) in [4.78, 5) is 23.5. The maximum absolute atomic E-state index is 12.2. The molecule has 0 aliphatic carbocycles. The first-order valence-electron chi connectivity index (χ1n) is 5.85. The van der Waals surface area contributed by atoms with Crippen LogP contribution < -0.4 is 5.32 Å². The van der Waals surface area contributed by atoms with Crippen LogP contribution in [-0.2, 0) is 11.8 Å². The van der Waals surface area contributed by atoms with Crippen LogP contribution in [-0.4, -0.2) is 26.8 Å². The molecule has 1 aromatic heterocycles. The molecule has 1 heterocycles. The zero-order valence-electron chi connectivity index (χ0n) is 10.9. The second-order valence-corrected chi connectivity index (χ2v) is 5.61. The SMILES string of the molecule is Cn1cc(C(NC(=O)c2ccc(Cl)cc2Br)C(=O)O)cn1. The third kappa shape index (κ3) is 3.62. The van der Waals surface area contributed by atoms with Gasteiger partial charge in [-0.05, 0) is 34.1 Å². The number of rotatable bonds is 4. The third-order valence-electron chi connectivity index (χ3n) is 2.76. The fraction of sp³-hybridized carbons (Fsp3) is 0.154. The Morgan fingerprint density at radius 1 is 1.48 bits per heavy atom. The number of halogens is 2. The second kappa shape index (κ2) is 6.28. The van der Waals surface area contributed by atoms with Gasteiger partial charge in [-0.1, -0.05) is 11.6 Å². The number of nitrogens with zero attached hydrogens (tertiary/aromatic N) is 2. The van der Waals surface area contributed by atoms with Crippen LogP contribution in [0.15, 0.2) is 35.1 Å². The highest BCUT2D eigenvalue weighted by molar-refractivity contribution is 9.10. The van der Waals surface area contributed by atoms with Gasteiger partial charge >= 0.3 is 5.97 Å². The van der Waals surface area contributed by atoms with E-state index in [-0.39, 0.29) is 0 Å². The standard InChI is InChI=1S/C13H11BrClN3O3/c1-18-6-7(5-16-18)11(13(20)21)17-12(19)9-3-2-8(15)4-10(9)14/h2-6,11H,1H3,(H,17,19)(H,20,21). The zero-order chi connectivity index (χ0) is 15.6. The van der Waals surface area contributed by atoms with Crippen LogP contribution in [0.3, 0.4) is 0 Å². The first-order valence-corrected chi connectivity index (χ1v) is 7.03. The van der Waals surface area contributed by atoms with E-state index in [0.29, 0.717) is 20.6 Å². The average Bonchev–Trinajstić information content (AvgIpc) is 2.81. The Kier molecular flexibility index (Phi) is 4.64. The Labute approximate surface area is 133 Å². The van der Waals surface area contributed by atoms with Crippen LogP contribution in [0, 0.1) is 0 Å². The molecule has 0 spiro atoms. The van der Waals surface area contributed by atoms with E-state index < -0.39 is 17.9 Å². The lowest BCUT2D eigenvalue weighted by Crippen LogP contribution is -2.33. The quantitative estimate of drug-likeness (QED) is 0.863. The van der Waals surface area contributed by atoms with Gasteiger partial charge in [-0.3, -0.25) is 9.48 Å². The molecular weight excluding hydrogens is 362 g/mol. The molecule has 6 nitrogen and oxygen atoms in total. The molecule has 110 valence electrons. The van der Waals surface area contributed by atoms with Crippen molar-refractivity contribution in [2.45, 2.75) is 6.04 Å². The zero-order valence-corrected chi connectivity index (χ0v) is 13.2. The molecule has 0 radical (unpaired) electrons. The molecule has 0 fully saturated rings. The molecule has 1 aromatic carbocycles. The highest BCUT2D eigenvalue weighted by Crippen LogP contribution is 2.22. The Morgan fingerprint density at radius 2 is 2.19 bits per heavy atom. The van der Waals surface area contributed by atoms with E-state index in [1.165, 1.54) is 23.1 Å². The molecule has 2 N–H and O–H groups in total. The molecule has 1 atom stereocenters. The highest BCUT2D eigenvalue weighted by Gasteiger charge is 2.24. The maximum Gasteiger partial charge on any atom is 0.331 e. The Bertz CT molecular complexity index is 702. The van der Waals surface area contributed by atoms with Gasteiger partial charge in [0.05, 0.1) is 11.8 Å². The number of hydrogen-bond acceptors (Lipinski definition) is 3. The fourth-order valence-electron chi connectivity index (χ4n) is 1.76. The number of benzene rings is 1. The van der Waals surface area contributed by atoms with Crippen molar-refractivity contribution in [3.05, 3.63) is 51.2 Å². The lowest BCUT2D eigenvalue weighted by atomic mass is 10.1. The van der Waals surface area contributed by atoms with Gasteiger partial charge in [0, 0.05) is 28.3 Å². The number of carbonyl (C=O) groups excluding carboxylic acids is 1. The molecule has 0 aliphatic heterocycles. The Hall–Kier alpha value is -1.86. The summed E-state index contributed by atoms with van der Waals surface area (Å²) < 4.78 is 1.96. The van der Waals surface area contributed by atoms with Gasteiger partial charge in [0.1, 0.15) is 0 Å². The van der Waals surface area contributed by atoms with Crippen molar-refractivity contribution in [2.75, 3.05) is 0 Å². The van der Waals surface area contributed by atoms with E-state index in [1.807, 2.05) is 0 Å². The van der Waals surface area contributed by atoms with Crippen LogP contribution in [0.4, 0.5) is 0 Å². The number of nitrogens with one attached hydrogen (secondary N) is 1. The number of amides is 1. The number of carbonyl (C=O) groups is 2. The predicted octanol–water partition coefficient (Wildman–Crippen LogP) is 2.39. The molecule has 2 aromatic rings. The highest BCUT2D eigenvalue weighted by atomic mass is 79.9. The summed E-state index contributed by atoms with van der Waals surface area (Å²) in [7, 11) is 1.67. The Balaban J connectivity index is 2.25. The van der Waals surface area contributed by atoms with Crippen molar-refractivity contribution in [1.29, 1.82) is 0 Å². The van der Waals surface area contributed by atoms with Crippen LogP contribution in [0.1, 0.15) is 22.0 Å². The fourth-order valence-corrected chi connectivity index (χ4v) is 2.62. The lowest BCUT2D eigenvalue weighted by molar-refractivity contribution is -0.139. The number of aliphatic carboxylic acids is 1. The summed E-state index contributed by atoms with van der Waals surface area (Å²) in [6.07, 6.45) is 2.94. The molecule has 2 rings (SSSR count). The normalized spacial score (nSPS) is 12.0. The van der Waals surface area contributed by atoms with Gasteiger partial charge in [-0.25, -0.2) is 4.79 Å². The van der Waals surface area contributed by atoms with Gasteiger partial charge in [0.2, 0.25) is 0 Å². The van der Waals surface area contributed by atoms with Gasteiger partial charge in [0.15, 0.2) is 6.04 Å². The lowest BCUT2D eigenvalue weighted by Gasteiger charge is -2.13. The minimum atomic E-state index is -1.17. The van der Waals surface area contributed by atoms with Gasteiger partial charge in [0.25, 0.3) is 5.91 Å². The van der Waals surface area contributed by atoms with Crippen molar-refractivity contribution in [3.8, 4) is 0 Å². The molecular formula is C13H11BrClN3O3. The molecule has 1 amide bonds. The molecule has 0 aliphatic rings. The maximum atomic E-state index is 12.2. The number of aromatic nitrogens is 2. The van der Waals surface area contributed by atoms with Gasteiger partial charge in [-0.15, -0.1) is 0 Å². The monoisotopic (exact) mass is 371 g/mol. The van der Waals surface area contributed by atoms with E-state index in [2.05, 4.69) is 26.3 Å². The first kappa shape index (κ1) is 15.5. The topological polar surface area (TPSA) is 84.2 Å². The number of hydrogen-bond donors (Lipinski definition) is 2. The minimum Gasteiger partial charge on any atom is -0.479 e. The third-order valence-corrected chi connectivity index (χ3v) is 3.65. The predicted molar refractivity (Wildman–Crippen MR) is 80.2 cm³/mol. The van der Waals surface area contributed by atoms with Gasteiger partial charge in [-0.2, -0.15) is 5.10 Å². The van der Waals surface area contributed by atoms with Crippen molar-refractivity contribution < 1.29 is 14.7 Å². The van der Waals surface area contributed by atoms with E-state index >= 15 is 0 Å². The largest absolute Gasteiger partial charge is 0.479 e. The second-order valence-electron chi connectivity index (χ2n) is 4.32. The minimum absolute atomic E-state index is 0.301. The van der Waals surface area contributed by atoms with Crippen molar-refractivity contribution in [1.82, 2.24) is 15.1 Å². The van der Waals surface area contributed by atoms with Crippen molar-refractivity contribution in [2.24, 2.45) is 7.05 Å². The van der Waals surface area contributed by atoms with Gasteiger partial charge < -0.3 is 10.4 Å². The summed E-state index contributed by atoms with van der Waals surface area (Å²) in [6.45, 7) is 0. The van der Waals surface area contributed by atoms with E-state index in [4.69, 9.17) is 11.6 Å². The van der Waals surface area contributed by atoms with Crippen molar-refractivity contribution in [3.63, 3.8) is 0 Å². The number of carboxylic acids is 1. The number of aryl methyl sites for hydroxylation is 1. The molecule has 0 saturated carbocycles. The molecule has 0 saturated heterocycles. The smallest absolute Gasteiger partial charge is 0.331 e. The molecule has 0 bridgehead atoms. The number of carboxylic acid groups (broad SMARTS) is 1. The molecule has 21 heavy (non-hydrogen) atoms. The van der Waals surface area contributed by atoms with Crippen LogP contribution in [0.25, 0.3) is 0 Å². The van der Waals surface area contributed by atoms with E-state index in [0.717, 1.165) is 0 Å². The van der Waals surface area contributed by atoms with Crippen LogP contribution in [0.5, 0.6) is 0 Å².